The Bertz CT molecular complexity index is 429. The molecule has 3 nitrogen and oxygen atoms in total. The minimum Gasteiger partial charge on any atom is -0.497 e. The summed E-state index contributed by atoms with van der Waals surface area (Å²) in [5.41, 5.74) is 1.33. The van der Waals surface area contributed by atoms with E-state index in [-0.39, 0.29) is 0 Å². The van der Waals surface area contributed by atoms with Crippen molar-refractivity contribution in [1.29, 1.82) is 0 Å². The van der Waals surface area contributed by atoms with E-state index in [0.29, 0.717) is 5.92 Å². The molecule has 2 aliphatic carbocycles. The zero-order valence-electron chi connectivity index (χ0n) is 11.1. The predicted molar refractivity (Wildman–Crippen MR) is 71.4 cm³/mol. The molecule has 1 aromatic carbocycles. The van der Waals surface area contributed by atoms with Crippen molar-refractivity contribution in [2.75, 3.05) is 20.8 Å². The molecule has 2 aliphatic rings. The van der Waals surface area contributed by atoms with Crippen LogP contribution in [-0.4, -0.2) is 26.8 Å². The zero-order chi connectivity index (χ0) is 12.5. The largest absolute Gasteiger partial charge is 0.497 e. The molecule has 98 valence electrons. The van der Waals surface area contributed by atoms with Crippen LogP contribution in [0.1, 0.15) is 30.7 Å². The van der Waals surface area contributed by atoms with Gasteiger partial charge in [0.2, 0.25) is 0 Å². The van der Waals surface area contributed by atoms with Crippen molar-refractivity contribution in [3.63, 3.8) is 0 Å². The minimum atomic E-state index is 0.664. The number of nitrogens with one attached hydrogen (secondary N) is 1. The second-order valence-corrected chi connectivity index (χ2v) is 5.39. The molecule has 0 aliphatic heterocycles. The molecule has 3 heteroatoms. The lowest BCUT2D eigenvalue weighted by molar-refractivity contribution is 0.390. The van der Waals surface area contributed by atoms with Gasteiger partial charge in [0.15, 0.2) is 0 Å². The lowest BCUT2D eigenvalue weighted by atomic mass is 10.1. The first kappa shape index (κ1) is 11.8. The fraction of sp³-hybridized carbons (Fsp3) is 0.600. The normalized spacial score (nSPS) is 25.9. The Morgan fingerprint density at radius 2 is 2.06 bits per heavy atom. The lowest BCUT2D eigenvalue weighted by Gasteiger charge is -2.10. The molecule has 0 radical (unpaired) electrons. The maximum Gasteiger partial charge on any atom is 0.126 e. The monoisotopic (exact) mass is 247 g/mol. The maximum atomic E-state index is 5.47. The second-order valence-electron chi connectivity index (χ2n) is 5.39. The topological polar surface area (TPSA) is 30.5 Å². The Hall–Kier alpha value is -1.22. The van der Waals surface area contributed by atoms with Crippen LogP contribution in [0.3, 0.4) is 0 Å². The molecule has 0 spiro atoms. The van der Waals surface area contributed by atoms with Crippen molar-refractivity contribution >= 4 is 0 Å². The number of methoxy groups -OCH3 is 2. The molecule has 0 bridgehead atoms. The van der Waals surface area contributed by atoms with Gasteiger partial charge in [0.05, 0.1) is 14.2 Å². The van der Waals surface area contributed by atoms with Gasteiger partial charge in [-0.2, -0.15) is 0 Å². The van der Waals surface area contributed by atoms with Crippen molar-refractivity contribution < 1.29 is 9.47 Å². The molecule has 0 aromatic heterocycles. The summed E-state index contributed by atoms with van der Waals surface area (Å²) in [5, 5.41) is 3.61. The van der Waals surface area contributed by atoms with E-state index in [0.717, 1.165) is 30.0 Å². The van der Waals surface area contributed by atoms with Crippen molar-refractivity contribution in [2.24, 2.45) is 5.92 Å². The van der Waals surface area contributed by atoms with Crippen molar-refractivity contribution in [3.05, 3.63) is 23.8 Å². The highest BCUT2D eigenvalue weighted by molar-refractivity contribution is 5.45. The van der Waals surface area contributed by atoms with Gasteiger partial charge in [-0.3, -0.25) is 0 Å². The van der Waals surface area contributed by atoms with Gasteiger partial charge in [-0.25, -0.2) is 0 Å². The summed E-state index contributed by atoms with van der Waals surface area (Å²) in [7, 11) is 3.42. The van der Waals surface area contributed by atoms with Crippen LogP contribution in [-0.2, 0) is 0 Å². The van der Waals surface area contributed by atoms with E-state index in [1.807, 2.05) is 12.1 Å². The Morgan fingerprint density at radius 3 is 2.72 bits per heavy atom. The first-order chi connectivity index (χ1) is 8.81. The third-order valence-corrected chi connectivity index (χ3v) is 4.01. The van der Waals surface area contributed by atoms with Crippen LogP contribution in [0.4, 0.5) is 0 Å². The fourth-order valence-corrected chi connectivity index (χ4v) is 2.58. The number of benzene rings is 1. The molecular weight excluding hydrogens is 226 g/mol. The van der Waals surface area contributed by atoms with E-state index in [4.69, 9.17) is 9.47 Å². The van der Waals surface area contributed by atoms with Crippen LogP contribution in [0, 0.1) is 5.92 Å². The summed E-state index contributed by atoms with van der Waals surface area (Å²) in [6.07, 6.45) is 4.01. The number of rotatable bonds is 6. The predicted octanol–water partition coefficient (Wildman–Crippen LogP) is 2.56. The van der Waals surface area contributed by atoms with E-state index in [1.165, 1.54) is 24.8 Å². The summed E-state index contributed by atoms with van der Waals surface area (Å²) in [6.45, 7) is 1.16. The number of hydrogen-bond acceptors (Lipinski definition) is 3. The van der Waals surface area contributed by atoms with Crippen molar-refractivity contribution in [1.82, 2.24) is 5.32 Å². The molecule has 0 amide bonds. The molecule has 2 fully saturated rings. The van der Waals surface area contributed by atoms with Crippen molar-refractivity contribution in [2.45, 2.75) is 31.2 Å². The number of hydrogen-bond donors (Lipinski definition) is 1. The fourth-order valence-electron chi connectivity index (χ4n) is 2.58. The van der Waals surface area contributed by atoms with E-state index >= 15 is 0 Å². The zero-order valence-corrected chi connectivity index (χ0v) is 11.1. The van der Waals surface area contributed by atoms with Crippen LogP contribution in [0.5, 0.6) is 11.5 Å². The highest BCUT2D eigenvalue weighted by atomic mass is 16.5. The van der Waals surface area contributed by atoms with Crippen LogP contribution in [0.15, 0.2) is 18.2 Å². The molecular formula is C15H21NO2. The third-order valence-electron chi connectivity index (χ3n) is 4.01. The van der Waals surface area contributed by atoms with Crippen molar-refractivity contribution in [3.8, 4) is 11.5 Å². The average molecular weight is 247 g/mol. The highest BCUT2D eigenvalue weighted by Gasteiger charge is 2.40. The molecule has 0 saturated heterocycles. The standard InChI is InChI=1S/C15H21NO2/c1-17-12-5-6-13(15(8-12)18-2)14-7-10(14)9-16-11-3-4-11/h5-6,8,10-11,14,16H,3-4,7,9H2,1-2H3. The molecule has 1 N–H and O–H groups in total. The van der Waals surface area contributed by atoms with Gasteiger partial charge in [-0.15, -0.1) is 0 Å². The van der Waals surface area contributed by atoms with Crippen LogP contribution >= 0.6 is 0 Å². The molecule has 3 rings (SSSR count). The van der Waals surface area contributed by atoms with Gasteiger partial charge < -0.3 is 14.8 Å². The Labute approximate surface area is 108 Å². The Morgan fingerprint density at radius 1 is 1.22 bits per heavy atom. The van der Waals surface area contributed by atoms with Gasteiger partial charge >= 0.3 is 0 Å². The third kappa shape index (κ3) is 2.46. The Kier molecular flexibility index (Phi) is 3.16. The summed E-state index contributed by atoms with van der Waals surface area (Å²) in [6, 6.07) is 6.98. The number of ether oxygens (including phenoxy) is 2. The molecule has 2 atom stereocenters. The maximum absolute atomic E-state index is 5.47. The first-order valence-corrected chi connectivity index (χ1v) is 6.77. The van der Waals surface area contributed by atoms with E-state index in [9.17, 15) is 0 Å². The first-order valence-electron chi connectivity index (χ1n) is 6.77. The summed E-state index contributed by atoms with van der Waals surface area (Å²) in [5.74, 6) is 3.28. The second kappa shape index (κ2) is 4.81. The summed E-state index contributed by atoms with van der Waals surface area (Å²) < 4.78 is 10.7. The quantitative estimate of drug-likeness (QED) is 0.838. The van der Waals surface area contributed by atoms with Gasteiger partial charge in [-0.05, 0) is 49.3 Å². The summed E-state index contributed by atoms with van der Waals surface area (Å²) >= 11 is 0. The molecule has 1 aromatic rings. The van der Waals surface area contributed by atoms with Gasteiger partial charge in [0, 0.05) is 12.1 Å². The molecule has 18 heavy (non-hydrogen) atoms. The van der Waals surface area contributed by atoms with Crippen LogP contribution in [0.2, 0.25) is 0 Å². The smallest absolute Gasteiger partial charge is 0.126 e. The molecule has 0 heterocycles. The van der Waals surface area contributed by atoms with Gasteiger partial charge in [0.1, 0.15) is 11.5 Å². The lowest BCUT2D eigenvalue weighted by Crippen LogP contribution is -2.19. The van der Waals surface area contributed by atoms with E-state index < -0.39 is 0 Å². The van der Waals surface area contributed by atoms with E-state index in [2.05, 4.69) is 11.4 Å². The SMILES string of the molecule is COc1ccc(C2CC2CNC2CC2)c(OC)c1. The summed E-state index contributed by atoms with van der Waals surface area (Å²) in [4.78, 5) is 0. The van der Waals surface area contributed by atoms with Gasteiger partial charge in [-0.1, -0.05) is 6.07 Å². The molecule has 2 unspecified atom stereocenters. The van der Waals surface area contributed by atoms with Gasteiger partial charge in [0.25, 0.3) is 0 Å². The van der Waals surface area contributed by atoms with Crippen LogP contribution < -0.4 is 14.8 Å². The minimum absolute atomic E-state index is 0.664. The average Bonchev–Trinajstić information content (AvgIpc) is 3.28. The molecule has 2 saturated carbocycles. The highest BCUT2D eigenvalue weighted by Crippen LogP contribution is 2.50. The van der Waals surface area contributed by atoms with Crippen LogP contribution in [0.25, 0.3) is 0 Å². The Balaban J connectivity index is 1.64. The van der Waals surface area contributed by atoms with E-state index in [1.54, 1.807) is 14.2 Å².